The molecule has 2 aliphatic heterocycles. The number of benzene rings is 2. The molecule has 4 heterocycles. The number of pyridine rings is 1. The van der Waals surface area contributed by atoms with Gasteiger partial charge in [0.2, 0.25) is 5.91 Å². The summed E-state index contributed by atoms with van der Waals surface area (Å²) in [5, 5.41) is 2.95. The highest BCUT2D eigenvalue weighted by molar-refractivity contribution is 6.01. The number of Topliss-reactive ketones (excluding diaryl/α,β-unsaturated/α-hetero) is 1. The zero-order valence-electron chi connectivity index (χ0n) is 26.3. The average molecular weight is 623 g/mol. The third-order valence-electron chi connectivity index (χ3n) is 8.33. The molecule has 2 aliphatic rings. The molecule has 4 aromatic rings. The van der Waals surface area contributed by atoms with Gasteiger partial charge in [0.05, 0.1) is 22.6 Å². The summed E-state index contributed by atoms with van der Waals surface area (Å²) in [6.07, 6.45) is 5.65. The van der Waals surface area contributed by atoms with Gasteiger partial charge in [-0.2, -0.15) is 0 Å². The molecule has 46 heavy (non-hydrogen) atoms. The second kappa shape index (κ2) is 12.7. The van der Waals surface area contributed by atoms with E-state index < -0.39 is 23.8 Å². The number of fused-ring (bicyclic) bond motifs is 1. The van der Waals surface area contributed by atoms with E-state index in [1.807, 2.05) is 63.2 Å². The number of hydrogen-bond acceptors (Lipinski definition) is 7. The second-order valence-corrected chi connectivity index (χ2v) is 12.9. The number of carbonyl (C=O) groups excluding carboxylic acids is 4. The Balaban J connectivity index is 1.09. The van der Waals surface area contributed by atoms with Crippen LogP contribution in [-0.4, -0.2) is 79.2 Å². The van der Waals surface area contributed by atoms with Gasteiger partial charge in [0, 0.05) is 43.2 Å². The number of nitrogens with zero attached hydrogens (tertiary/aromatic N) is 4. The van der Waals surface area contributed by atoms with Gasteiger partial charge in [-0.25, -0.2) is 9.78 Å². The highest BCUT2D eigenvalue weighted by atomic mass is 16.6. The molecule has 0 aliphatic carbocycles. The van der Waals surface area contributed by atoms with Crippen LogP contribution in [0.15, 0.2) is 67.0 Å². The Kier molecular flexibility index (Phi) is 8.57. The SMILES string of the molecule is CC(C)(C)OC(=O)N1CCC[C@H]1C(=O)Cc1ccc2nc(-c3ccc(NC(=O)[C@@H]4CCCN4C(=O)c4cccnc4)cc3)[nH]c2c1. The quantitative estimate of drug-likeness (QED) is 0.282. The Morgan fingerprint density at radius 2 is 1.70 bits per heavy atom. The fraction of sp³-hybridized carbons (Fsp3) is 0.371. The molecule has 0 spiro atoms. The fourth-order valence-electron chi connectivity index (χ4n) is 6.14. The average Bonchev–Trinajstić information content (AvgIpc) is 3.80. The molecule has 2 fully saturated rings. The number of carbonyl (C=O) groups is 4. The molecule has 2 aromatic heterocycles. The number of nitrogens with one attached hydrogen (secondary N) is 2. The summed E-state index contributed by atoms with van der Waals surface area (Å²) >= 11 is 0. The van der Waals surface area contributed by atoms with E-state index in [1.54, 1.807) is 28.1 Å². The van der Waals surface area contributed by atoms with E-state index in [-0.39, 0.29) is 24.0 Å². The normalized spacial score (nSPS) is 18.2. The number of amides is 3. The highest BCUT2D eigenvalue weighted by Crippen LogP contribution is 2.27. The lowest BCUT2D eigenvalue weighted by Gasteiger charge is -2.28. The highest BCUT2D eigenvalue weighted by Gasteiger charge is 2.37. The predicted molar refractivity (Wildman–Crippen MR) is 173 cm³/mol. The number of aromatic amines is 1. The van der Waals surface area contributed by atoms with Crippen LogP contribution in [0.4, 0.5) is 10.5 Å². The molecule has 6 rings (SSSR count). The smallest absolute Gasteiger partial charge is 0.410 e. The van der Waals surface area contributed by atoms with E-state index in [2.05, 4.69) is 15.3 Å². The van der Waals surface area contributed by atoms with Crippen molar-refractivity contribution in [2.45, 2.75) is 70.6 Å². The third-order valence-corrected chi connectivity index (χ3v) is 8.33. The first-order chi connectivity index (χ1) is 22.1. The first-order valence-electron chi connectivity index (χ1n) is 15.7. The van der Waals surface area contributed by atoms with E-state index >= 15 is 0 Å². The van der Waals surface area contributed by atoms with Crippen LogP contribution < -0.4 is 5.32 Å². The number of H-pyrrole nitrogens is 1. The van der Waals surface area contributed by atoms with Crippen LogP contribution in [-0.2, 0) is 20.7 Å². The number of likely N-dealkylation sites (tertiary alicyclic amines) is 2. The van der Waals surface area contributed by atoms with Gasteiger partial charge in [0.15, 0.2) is 5.78 Å². The number of anilines is 1. The Labute approximate surface area is 267 Å². The van der Waals surface area contributed by atoms with Crippen molar-refractivity contribution < 1.29 is 23.9 Å². The molecule has 11 nitrogen and oxygen atoms in total. The molecule has 0 saturated carbocycles. The predicted octanol–water partition coefficient (Wildman–Crippen LogP) is 5.38. The number of imidazole rings is 1. The molecule has 3 amide bonds. The second-order valence-electron chi connectivity index (χ2n) is 12.9. The van der Waals surface area contributed by atoms with Crippen LogP contribution in [0.25, 0.3) is 22.4 Å². The number of ether oxygens (including phenoxy) is 1. The Bertz CT molecular complexity index is 1760. The van der Waals surface area contributed by atoms with Crippen LogP contribution in [0.2, 0.25) is 0 Å². The maximum absolute atomic E-state index is 13.2. The monoisotopic (exact) mass is 622 g/mol. The van der Waals surface area contributed by atoms with Crippen molar-refractivity contribution in [2.75, 3.05) is 18.4 Å². The number of hydrogen-bond donors (Lipinski definition) is 2. The number of aromatic nitrogens is 3. The molecule has 2 aromatic carbocycles. The molecule has 238 valence electrons. The van der Waals surface area contributed by atoms with Gasteiger partial charge in [-0.15, -0.1) is 0 Å². The largest absolute Gasteiger partial charge is 0.444 e. The van der Waals surface area contributed by atoms with Crippen molar-refractivity contribution in [2.24, 2.45) is 0 Å². The topological polar surface area (TPSA) is 138 Å². The Morgan fingerprint density at radius 1 is 0.957 bits per heavy atom. The maximum atomic E-state index is 13.2. The van der Waals surface area contributed by atoms with Gasteiger partial charge in [0.25, 0.3) is 5.91 Å². The van der Waals surface area contributed by atoms with Crippen molar-refractivity contribution >= 4 is 40.4 Å². The lowest BCUT2D eigenvalue weighted by molar-refractivity contribution is -0.122. The van der Waals surface area contributed by atoms with Crippen molar-refractivity contribution in [3.05, 3.63) is 78.1 Å². The van der Waals surface area contributed by atoms with Gasteiger partial charge < -0.3 is 19.9 Å². The van der Waals surface area contributed by atoms with Crippen LogP contribution >= 0.6 is 0 Å². The Morgan fingerprint density at radius 3 is 2.41 bits per heavy atom. The minimum absolute atomic E-state index is 0.0118. The van der Waals surface area contributed by atoms with Crippen LogP contribution in [0, 0.1) is 0 Å². The molecule has 2 saturated heterocycles. The summed E-state index contributed by atoms with van der Waals surface area (Å²) in [5.74, 6) is 0.231. The minimum atomic E-state index is -0.620. The summed E-state index contributed by atoms with van der Waals surface area (Å²) in [6.45, 7) is 6.49. The van der Waals surface area contributed by atoms with Crippen molar-refractivity contribution in [3.8, 4) is 11.4 Å². The molecular formula is C35H38N6O5. The molecule has 0 unspecified atom stereocenters. The van der Waals surface area contributed by atoms with Gasteiger partial charge in [-0.1, -0.05) is 6.07 Å². The zero-order valence-corrected chi connectivity index (χ0v) is 26.3. The summed E-state index contributed by atoms with van der Waals surface area (Å²) in [6, 6.07) is 15.4. The molecule has 2 N–H and O–H groups in total. The zero-order chi connectivity index (χ0) is 32.4. The lowest BCUT2D eigenvalue weighted by atomic mass is 10.0. The standard InChI is InChI=1S/C35H38N6O5/c1-35(2,3)46-34(45)41-18-5-8-28(41)30(42)20-22-10-15-26-27(19-22)39-31(38-26)23-11-13-25(14-12-23)37-32(43)29-9-6-17-40(29)33(44)24-7-4-16-36-21-24/h4,7,10-16,19,21,28-29H,5-6,8-9,17-18,20H2,1-3H3,(H,37,43)(H,38,39)/t28-,29-/m0/s1. The van der Waals surface area contributed by atoms with Gasteiger partial charge in [-0.05, 0) is 101 Å². The van der Waals surface area contributed by atoms with Gasteiger partial charge in [-0.3, -0.25) is 24.3 Å². The Hall–Kier alpha value is -5.06. The summed E-state index contributed by atoms with van der Waals surface area (Å²) in [7, 11) is 0. The maximum Gasteiger partial charge on any atom is 0.410 e. The van der Waals surface area contributed by atoms with Crippen molar-refractivity contribution in [1.82, 2.24) is 24.8 Å². The number of ketones is 1. The fourth-order valence-corrected chi connectivity index (χ4v) is 6.14. The minimum Gasteiger partial charge on any atom is -0.444 e. The molecule has 0 bridgehead atoms. The van der Waals surface area contributed by atoms with Gasteiger partial charge >= 0.3 is 6.09 Å². The molecular weight excluding hydrogens is 584 g/mol. The summed E-state index contributed by atoms with van der Waals surface area (Å²) < 4.78 is 5.52. The van der Waals surface area contributed by atoms with E-state index in [4.69, 9.17) is 9.72 Å². The van der Waals surface area contributed by atoms with Crippen molar-refractivity contribution in [1.29, 1.82) is 0 Å². The first kappa shape index (κ1) is 30.9. The van der Waals surface area contributed by atoms with Crippen LogP contribution in [0.1, 0.15) is 62.4 Å². The summed E-state index contributed by atoms with van der Waals surface area (Å²) in [4.78, 5) is 67.3. The van der Waals surface area contributed by atoms with Crippen LogP contribution in [0.5, 0.6) is 0 Å². The molecule has 2 atom stereocenters. The van der Waals surface area contributed by atoms with E-state index in [9.17, 15) is 19.2 Å². The third kappa shape index (κ3) is 6.78. The first-order valence-corrected chi connectivity index (χ1v) is 15.7. The van der Waals surface area contributed by atoms with E-state index in [0.29, 0.717) is 43.0 Å². The van der Waals surface area contributed by atoms with Crippen LogP contribution in [0.3, 0.4) is 0 Å². The van der Waals surface area contributed by atoms with E-state index in [0.717, 1.165) is 35.0 Å². The lowest BCUT2D eigenvalue weighted by Crippen LogP contribution is -2.43. The van der Waals surface area contributed by atoms with Crippen molar-refractivity contribution in [3.63, 3.8) is 0 Å². The molecule has 0 radical (unpaired) electrons. The molecule has 11 heteroatoms. The summed E-state index contributed by atoms with van der Waals surface area (Å²) in [5.41, 5.74) is 3.70. The number of rotatable bonds is 7. The van der Waals surface area contributed by atoms with E-state index in [1.165, 1.54) is 6.20 Å². The van der Waals surface area contributed by atoms with Gasteiger partial charge in [0.1, 0.15) is 17.5 Å².